The molecule has 0 radical (unpaired) electrons. The van der Waals surface area contributed by atoms with Crippen molar-refractivity contribution in [3.63, 3.8) is 0 Å². The summed E-state index contributed by atoms with van der Waals surface area (Å²) in [6, 6.07) is 2.11. The van der Waals surface area contributed by atoms with Gasteiger partial charge in [-0.25, -0.2) is 0 Å². The summed E-state index contributed by atoms with van der Waals surface area (Å²) in [5.74, 6) is 0.778. The van der Waals surface area contributed by atoms with Crippen molar-refractivity contribution in [3.05, 3.63) is 18.0 Å². The lowest BCUT2D eigenvalue weighted by Crippen LogP contribution is -2.21. The summed E-state index contributed by atoms with van der Waals surface area (Å²) >= 11 is 0. The van der Waals surface area contributed by atoms with E-state index in [4.69, 9.17) is 0 Å². The van der Waals surface area contributed by atoms with Crippen LogP contribution in [-0.4, -0.2) is 22.9 Å². The lowest BCUT2D eigenvalue weighted by atomic mass is 10.0. The SMILES string of the molecule is CCCNCC(C)CCCc1ccnn1C. The molecular formula is C13H25N3. The minimum absolute atomic E-state index is 0.778. The van der Waals surface area contributed by atoms with Crippen molar-refractivity contribution in [3.8, 4) is 0 Å². The minimum atomic E-state index is 0.778. The number of nitrogens with one attached hydrogen (secondary N) is 1. The Bertz CT molecular complexity index is 280. The lowest BCUT2D eigenvalue weighted by molar-refractivity contribution is 0.463. The van der Waals surface area contributed by atoms with Gasteiger partial charge in [0.05, 0.1) is 0 Å². The number of rotatable bonds is 8. The van der Waals surface area contributed by atoms with E-state index in [0.29, 0.717) is 0 Å². The quantitative estimate of drug-likeness (QED) is 0.686. The minimum Gasteiger partial charge on any atom is -0.316 e. The second-order valence-corrected chi connectivity index (χ2v) is 4.65. The van der Waals surface area contributed by atoms with Gasteiger partial charge in [0.25, 0.3) is 0 Å². The highest BCUT2D eigenvalue weighted by Gasteiger charge is 2.03. The van der Waals surface area contributed by atoms with Gasteiger partial charge in [-0.15, -0.1) is 0 Å². The van der Waals surface area contributed by atoms with Crippen LogP contribution in [0.3, 0.4) is 0 Å². The maximum atomic E-state index is 4.18. The molecule has 0 aliphatic carbocycles. The highest BCUT2D eigenvalue weighted by Crippen LogP contribution is 2.09. The van der Waals surface area contributed by atoms with Crippen LogP contribution in [0.2, 0.25) is 0 Å². The van der Waals surface area contributed by atoms with Crippen LogP contribution in [0.5, 0.6) is 0 Å². The van der Waals surface area contributed by atoms with Crippen molar-refractivity contribution in [1.82, 2.24) is 15.1 Å². The normalized spacial score (nSPS) is 12.9. The average molecular weight is 223 g/mol. The fourth-order valence-electron chi connectivity index (χ4n) is 1.91. The fourth-order valence-corrected chi connectivity index (χ4v) is 1.91. The molecule has 16 heavy (non-hydrogen) atoms. The van der Waals surface area contributed by atoms with Gasteiger partial charge >= 0.3 is 0 Å². The molecule has 1 rings (SSSR count). The second kappa shape index (κ2) is 7.44. The molecule has 0 aliphatic rings. The topological polar surface area (TPSA) is 29.9 Å². The van der Waals surface area contributed by atoms with Crippen LogP contribution in [0, 0.1) is 5.92 Å². The van der Waals surface area contributed by atoms with Crippen LogP contribution in [-0.2, 0) is 13.5 Å². The maximum absolute atomic E-state index is 4.18. The molecule has 0 bridgehead atoms. The van der Waals surface area contributed by atoms with Crippen molar-refractivity contribution in [1.29, 1.82) is 0 Å². The Morgan fingerprint density at radius 3 is 2.94 bits per heavy atom. The van der Waals surface area contributed by atoms with Gasteiger partial charge in [0.15, 0.2) is 0 Å². The Morgan fingerprint density at radius 2 is 2.31 bits per heavy atom. The number of aromatic nitrogens is 2. The van der Waals surface area contributed by atoms with Gasteiger partial charge < -0.3 is 5.32 Å². The lowest BCUT2D eigenvalue weighted by Gasteiger charge is -2.11. The van der Waals surface area contributed by atoms with Gasteiger partial charge in [0.1, 0.15) is 0 Å². The molecule has 3 heteroatoms. The molecule has 0 amide bonds. The molecule has 1 unspecified atom stereocenters. The highest BCUT2D eigenvalue weighted by atomic mass is 15.2. The van der Waals surface area contributed by atoms with E-state index in [0.717, 1.165) is 25.4 Å². The van der Waals surface area contributed by atoms with Crippen molar-refractivity contribution in [2.24, 2.45) is 13.0 Å². The third kappa shape index (κ3) is 4.79. The highest BCUT2D eigenvalue weighted by molar-refractivity contribution is 4.99. The zero-order valence-electron chi connectivity index (χ0n) is 10.9. The first-order valence-electron chi connectivity index (χ1n) is 6.41. The number of nitrogens with zero attached hydrogens (tertiary/aromatic N) is 2. The van der Waals surface area contributed by atoms with Crippen LogP contribution < -0.4 is 5.32 Å². The van der Waals surface area contributed by atoms with E-state index in [1.54, 1.807) is 0 Å². The van der Waals surface area contributed by atoms with Gasteiger partial charge in [-0.1, -0.05) is 13.8 Å². The molecule has 0 saturated heterocycles. The van der Waals surface area contributed by atoms with E-state index in [9.17, 15) is 0 Å². The zero-order chi connectivity index (χ0) is 11.8. The van der Waals surface area contributed by atoms with Crippen molar-refractivity contribution in [2.45, 2.75) is 39.5 Å². The van der Waals surface area contributed by atoms with E-state index in [-0.39, 0.29) is 0 Å². The first kappa shape index (κ1) is 13.2. The van der Waals surface area contributed by atoms with E-state index in [1.165, 1.54) is 25.0 Å². The smallest absolute Gasteiger partial charge is 0.0492 e. The Balaban J connectivity index is 2.08. The fraction of sp³-hybridized carbons (Fsp3) is 0.769. The molecule has 1 aromatic rings. The number of hydrogen-bond donors (Lipinski definition) is 1. The van der Waals surface area contributed by atoms with Gasteiger partial charge in [0.2, 0.25) is 0 Å². The van der Waals surface area contributed by atoms with Crippen LogP contribution in [0.1, 0.15) is 38.8 Å². The van der Waals surface area contributed by atoms with E-state index < -0.39 is 0 Å². The van der Waals surface area contributed by atoms with Crippen molar-refractivity contribution >= 4 is 0 Å². The predicted molar refractivity (Wildman–Crippen MR) is 68.5 cm³/mol. The molecule has 0 spiro atoms. The molecule has 0 fully saturated rings. The van der Waals surface area contributed by atoms with Gasteiger partial charge in [0, 0.05) is 18.9 Å². The Hall–Kier alpha value is -0.830. The van der Waals surface area contributed by atoms with E-state index in [2.05, 4.69) is 30.3 Å². The maximum Gasteiger partial charge on any atom is 0.0492 e. The molecular weight excluding hydrogens is 198 g/mol. The standard InChI is InChI=1S/C13H25N3/c1-4-9-14-11-12(2)6-5-7-13-8-10-15-16(13)3/h8,10,12,14H,4-7,9,11H2,1-3H3. The molecule has 1 heterocycles. The molecule has 1 atom stereocenters. The monoisotopic (exact) mass is 223 g/mol. The average Bonchev–Trinajstić information content (AvgIpc) is 2.65. The third-order valence-electron chi connectivity index (χ3n) is 2.97. The van der Waals surface area contributed by atoms with E-state index in [1.807, 2.05) is 17.9 Å². The van der Waals surface area contributed by atoms with Crippen LogP contribution >= 0.6 is 0 Å². The second-order valence-electron chi connectivity index (χ2n) is 4.65. The summed E-state index contributed by atoms with van der Waals surface area (Å²) in [6.45, 7) is 6.83. The molecule has 1 N–H and O–H groups in total. The molecule has 0 aliphatic heterocycles. The van der Waals surface area contributed by atoms with Crippen LogP contribution in [0.15, 0.2) is 12.3 Å². The Labute approximate surface area is 99.2 Å². The summed E-state index contributed by atoms with van der Waals surface area (Å²) in [7, 11) is 2.02. The summed E-state index contributed by atoms with van der Waals surface area (Å²) in [6.07, 6.45) is 6.80. The van der Waals surface area contributed by atoms with Gasteiger partial charge in [-0.3, -0.25) is 4.68 Å². The summed E-state index contributed by atoms with van der Waals surface area (Å²) in [5, 5.41) is 7.65. The Kier molecular flexibility index (Phi) is 6.16. The molecule has 0 saturated carbocycles. The van der Waals surface area contributed by atoms with E-state index >= 15 is 0 Å². The van der Waals surface area contributed by atoms with Crippen molar-refractivity contribution in [2.75, 3.05) is 13.1 Å². The van der Waals surface area contributed by atoms with Crippen LogP contribution in [0.25, 0.3) is 0 Å². The largest absolute Gasteiger partial charge is 0.316 e. The molecule has 1 aromatic heterocycles. The summed E-state index contributed by atoms with van der Waals surface area (Å²) in [4.78, 5) is 0. The number of aryl methyl sites for hydroxylation is 2. The zero-order valence-corrected chi connectivity index (χ0v) is 10.9. The molecule has 0 aromatic carbocycles. The Morgan fingerprint density at radius 1 is 1.50 bits per heavy atom. The van der Waals surface area contributed by atoms with Gasteiger partial charge in [-0.2, -0.15) is 5.10 Å². The predicted octanol–water partition coefficient (Wildman–Crippen LogP) is 2.38. The van der Waals surface area contributed by atoms with Gasteiger partial charge in [-0.05, 0) is 50.8 Å². The summed E-state index contributed by atoms with van der Waals surface area (Å²) < 4.78 is 1.97. The summed E-state index contributed by atoms with van der Waals surface area (Å²) in [5.41, 5.74) is 1.34. The van der Waals surface area contributed by atoms with Crippen molar-refractivity contribution < 1.29 is 0 Å². The first-order valence-corrected chi connectivity index (χ1v) is 6.41. The number of hydrogen-bond acceptors (Lipinski definition) is 2. The first-order chi connectivity index (χ1) is 7.74. The van der Waals surface area contributed by atoms with Crippen LogP contribution in [0.4, 0.5) is 0 Å². The molecule has 92 valence electrons. The third-order valence-corrected chi connectivity index (χ3v) is 2.97. The molecule has 3 nitrogen and oxygen atoms in total.